The Bertz CT molecular complexity index is 394. The fourth-order valence-corrected chi connectivity index (χ4v) is 2.21. The molecule has 0 saturated carbocycles. The van der Waals surface area contributed by atoms with E-state index in [4.69, 9.17) is 16.9 Å². The molecule has 0 spiro atoms. The smallest absolute Gasteiger partial charge is 0.125 e. The second-order valence-electron chi connectivity index (χ2n) is 3.36. The summed E-state index contributed by atoms with van der Waals surface area (Å²) in [5.41, 5.74) is 0.630. The molecule has 1 unspecified atom stereocenters. The van der Waals surface area contributed by atoms with E-state index in [1.807, 2.05) is 6.92 Å². The van der Waals surface area contributed by atoms with Crippen LogP contribution < -0.4 is 5.32 Å². The van der Waals surface area contributed by atoms with Gasteiger partial charge in [0.25, 0.3) is 0 Å². The zero-order valence-corrected chi connectivity index (χ0v) is 11.1. The highest BCUT2D eigenvalue weighted by Crippen LogP contribution is 2.32. The highest BCUT2D eigenvalue weighted by Gasteiger charge is 2.12. The molecule has 0 heterocycles. The number of nitriles is 1. The van der Waals surface area contributed by atoms with E-state index in [0.717, 1.165) is 6.42 Å². The standard InChI is InChI=1S/C11H11BrClFN2/c1-2-8(3-4-15)16-11-9(12)5-7(14)6-10(11)13/h5-6,8,16H,2-3H2,1H3. The first-order chi connectivity index (χ1) is 7.58. The van der Waals surface area contributed by atoms with Crippen LogP contribution in [0.5, 0.6) is 0 Å². The maximum atomic E-state index is 13.0. The normalized spacial score (nSPS) is 11.9. The summed E-state index contributed by atoms with van der Waals surface area (Å²) in [7, 11) is 0. The van der Waals surface area contributed by atoms with Crippen LogP contribution >= 0.6 is 27.5 Å². The van der Waals surface area contributed by atoms with Crippen LogP contribution in [0.2, 0.25) is 5.02 Å². The zero-order valence-electron chi connectivity index (χ0n) is 8.73. The molecule has 0 radical (unpaired) electrons. The third-order valence-corrected chi connectivity index (χ3v) is 3.11. The number of rotatable bonds is 4. The number of nitrogens with one attached hydrogen (secondary N) is 1. The summed E-state index contributed by atoms with van der Waals surface area (Å²) in [5.74, 6) is -0.393. The summed E-state index contributed by atoms with van der Waals surface area (Å²) in [6.45, 7) is 1.97. The fraction of sp³-hybridized carbons (Fsp3) is 0.364. The summed E-state index contributed by atoms with van der Waals surface area (Å²) >= 11 is 9.16. The molecule has 0 bridgehead atoms. The Labute approximate surface area is 108 Å². The summed E-state index contributed by atoms with van der Waals surface area (Å²) in [6.07, 6.45) is 1.18. The molecule has 1 atom stereocenters. The van der Waals surface area contributed by atoms with Gasteiger partial charge in [0.1, 0.15) is 5.82 Å². The molecule has 16 heavy (non-hydrogen) atoms. The second-order valence-corrected chi connectivity index (χ2v) is 4.62. The molecular formula is C11H11BrClFN2. The van der Waals surface area contributed by atoms with Crippen LogP contribution in [0.25, 0.3) is 0 Å². The van der Waals surface area contributed by atoms with Gasteiger partial charge in [0.15, 0.2) is 0 Å². The van der Waals surface area contributed by atoms with E-state index in [9.17, 15) is 4.39 Å². The number of hydrogen-bond acceptors (Lipinski definition) is 2. The van der Waals surface area contributed by atoms with Crippen LogP contribution in [0, 0.1) is 17.1 Å². The summed E-state index contributed by atoms with van der Waals surface area (Å²) in [6, 6.07) is 4.70. The summed E-state index contributed by atoms with van der Waals surface area (Å²) in [5, 5.41) is 12.1. The van der Waals surface area contributed by atoms with Gasteiger partial charge in [-0.1, -0.05) is 18.5 Å². The van der Waals surface area contributed by atoms with Gasteiger partial charge in [0, 0.05) is 10.5 Å². The van der Waals surface area contributed by atoms with Crippen LogP contribution in [0.15, 0.2) is 16.6 Å². The lowest BCUT2D eigenvalue weighted by molar-refractivity contribution is 0.626. The molecule has 0 saturated heterocycles. The molecule has 1 aromatic rings. The average Bonchev–Trinajstić information content (AvgIpc) is 2.21. The zero-order chi connectivity index (χ0) is 12.1. The Morgan fingerprint density at radius 2 is 2.31 bits per heavy atom. The lowest BCUT2D eigenvalue weighted by atomic mass is 10.1. The number of benzene rings is 1. The minimum absolute atomic E-state index is 0.0178. The van der Waals surface area contributed by atoms with Crippen LogP contribution in [0.3, 0.4) is 0 Å². The molecule has 0 fully saturated rings. The van der Waals surface area contributed by atoms with Crippen molar-refractivity contribution in [2.24, 2.45) is 0 Å². The van der Waals surface area contributed by atoms with E-state index in [1.165, 1.54) is 12.1 Å². The molecule has 0 aliphatic carbocycles. The Hall–Kier alpha value is -0.790. The molecular weight excluding hydrogens is 294 g/mol. The van der Waals surface area contributed by atoms with E-state index in [2.05, 4.69) is 27.3 Å². The van der Waals surface area contributed by atoms with Crippen LogP contribution in [-0.2, 0) is 0 Å². The summed E-state index contributed by atoms with van der Waals surface area (Å²) in [4.78, 5) is 0. The Balaban J connectivity index is 2.92. The van der Waals surface area contributed by atoms with Crippen molar-refractivity contribution in [1.29, 1.82) is 5.26 Å². The van der Waals surface area contributed by atoms with Gasteiger partial charge < -0.3 is 5.32 Å². The van der Waals surface area contributed by atoms with Gasteiger partial charge in [-0.25, -0.2) is 4.39 Å². The first-order valence-corrected chi connectivity index (χ1v) is 6.03. The van der Waals surface area contributed by atoms with Crippen LogP contribution in [-0.4, -0.2) is 6.04 Å². The highest BCUT2D eigenvalue weighted by molar-refractivity contribution is 9.10. The fourth-order valence-electron chi connectivity index (χ4n) is 1.29. The van der Waals surface area contributed by atoms with Crippen molar-refractivity contribution in [1.82, 2.24) is 0 Å². The molecule has 5 heteroatoms. The monoisotopic (exact) mass is 304 g/mol. The number of halogens is 3. The maximum absolute atomic E-state index is 13.0. The molecule has 86 valence electrons. The van der Waals surface area contributed by atoms with Crippen molar-refractivity contribution in [2.45, 2.75) is 25.8 Å². The topological polar surface area (TPSA) is 35.8 Å². The quantitative estimate of drug-likeness (QED) is 0.898. The van der Waals surface area contributed by atoms with Gasteiger partial charge in [0.2, 0.25) is 0 Å². The molecule has 2 nitrogen and oxygen atoms in total. The predicted octanol–water partition coefficient (Wildman–Crippen LogP) is 4.35. The van der Waals surface area contributed by atoms with E-state index in [1.54, 1.807) is 0 Å². The van der Waals surface area contributed by atoms with E-state index in [-0.39, 0.29) is 6.04 Å². The lowest BCUT2D eigenvalue weighted by Gasteiger charge is -2.17. The van der Waals surface area contributed by atoms with Gasteiger partial charge in [-0.05, 0) is 34.5 Å². The first kappa shape index (κ1) is 13.3. The average molecular weight is 306 g/mol. The van der Waals surface area contributed by atoms with Crippen molar-refractivity contribution in [3.8, 4) is 6.07 Å². The Morgan fingerprint density at radius 3 is 2.81 bits per heavy atom. The van der Waals surface area contributed by atoms with Crippen molar-refractivity contribution in [2.75, 3.05) is 5.32 Å². The van der Waals surface area contributed by atoms with E-state index >= 15 is 0 Å². The van der Waals surface area contributed by atoms with Crippen LogP contribution in [0.1, 0.15) is 19.8 Å². The number of anilines is 1. The largest absolute Gasteiger partial charge is 0.379 e. The molecule has 0 aromatic heterocycles. The first-order valence-electron chi connectivity index (χ1n) is 4.86. The minimum Gasteiger partial charge on any atom is -0.379 e. The Morgan fingerprint density at radius 1 is 1.62 bits per heavy atom. The van der Waals surface area contributed by atoms with Gasteiger partial charge in [0.05, 0.1) is 23.2 Å². The molecule has 0 aliphatic rings. The lowest BCUT2D eigenvalue weighted by Crippen LogP contribution is -2.18. The van der Waals surface area contributed by atoms with Gasteiger partial charge >= 0.3 is 0 Å². The SMILES string of the molecule is CCC(CC#N)Nc1c(Cl)cc(F)cc1Br. The van der Waals surface area contributed by atoms with Crippen molar-refractivity contribution in [3.05, 3.63) is 27.4 Å². The minimum atomic E-state index is -0.393. The third-order valence-electron chi connectivity index (χ3n) is 2.19. The van der Waals surface area contributed by atoms with E-state index < -0.39 is 5.82 Å². The van der Waals surface area contributed by atoms with Gasteiger partial charge in [-0.3, -0.25) is 0 Å². The van der Waals surface area contributed by atoms with Gasteiger partial charge in [-0.2, -0.15) is 5.26 Å². The number of nitrogens with zero attached hydrogens (tertiary/aromatic N) is 1. The molecule has 1 aromatic carbocycles. The van der Waals surface area contributed by atoms with Crippen molar-refractivity contribution in [3.63, 3.8) is 0 Å². The second kappa shape index (κ2) is 6.07. The summed E-state index contributed by atoms with van der Waals surface area (Å²) < 4.78 is 13.5. The van der Waals surface area contributed by atoms with Crippen molar-refractivity contribution >= 4 is 33.2 Å². The Kier molecular flexibility index (Phi) is 5.04. The molecule has 0 aliphatic heterocycles. The molecule has 0 amide bonds. The van der Waals surface area contributed by atoms with E-state index in [0.29, 0.717) is 21.6 Å². The molecule has 1 N–H and O–H groups in total. The predicted molar refractivity (Wildman–Crippen MR) is 67.0 cm³/mol. The highest BCUT2D eigenvalue weighted by atomic mass is 79.9. The van der Waals surface area contributed by atoms with Gasteiger partial charge in [-0.15, -0.1) is 0 Å². The van der Waals surface area contributed by atoms with Crippen LogP contribution in [0.4, 0.5) is 10.1 Å². The number of hydrogen-bond donors (Lipinski definition) is 1. The maximum Gasteiger partial charge on any atom is 0.125 e. The third kappa shape index (κ3) is 3.36. The van der Waals surface area contributed by atoms with Crippen molar-refractivity contribution < 1.29 is 4.39 Å². The molecule has 1 rings (SSSR count).